The summed E-state index contributed by atoms with van der Waals surface area (Å²) < 4.78 is 5.29. The van der Waals surface area contributed by atoms with Crippen LogP contribution in [0.15, 0.2) is 0 Å². The van der Waals surface area contributed by atoms with E-state index in [0.29, 0.717) is 13.0 Å². The van der Waals surface area contributed by atoms with Gasteiger partial charge in [-0.15, -0.1) is 0 Å². The molecule has 162 valence electrons. The molecule has 0 spiro atoms. The first-order chi connectivity index (χ1) is 13.3. The molecular formula is C24H47BrO2. The van der Waals surface area contributed by atoms with Crippen molar-refractivity contribution < 1.29 is 9.53 Å². The van der Waals surface area contributed by atoms with Gasteiger partial charge in [0.25, 0.3) is 0 Å². The summed E-state index contributed by atoms with van der Waals surface area (Å²) >= 11 is 3.41. The Bertz CT molecular complexity index is 294. The molecule has 0 aromatic heterocycles. The van der Waals surface area contributed by atoms with Crippen molar-refractivity contribution in [2.45, 2.75) is 135 Å². The van der Waals surface area contributed by atoms with Crippen molar-refractivity contribution in [1.29, 1.82) is 0 Å². The minimum absolute atomic E-state index is 0.00877. The van der Waals surface area contributed by atoms with Gasteiger partial charge >= 0.3 is 5.97 Å². The smallest absolute Gasteiger partial charge is 0.305 e. The van der Waals surface area contributed by atoms with Gasteiger partial charge in [0, 0.05) is 11.8 Å². The molecule has 0 aliphatic carbocycles. The molecule has 3 heteroatoms. The monoisotopic (exact) mass is 446 g/mol. The number of esters is 1. The highest BCUT2D eigenvalue weighted by Crippen LogP contribution is 2.13. The van der Waals surface area contributed by atoms with Crippen LogP contribution in [-0.4, -0.2) is 17.9 Å². The summed E-state index contributed by atoms with van der Waals surface area (Å²) in [5.41, 5.74) is 0. The molecule has 0 saturated carbocycles. The van der Waals surface area contributed by atoms with Gasteiger partial charge in [-0.3, -0.25) is 4.79 Å². The third-order valence-corrected chi connectivity index (χ3v) is 5.84. The van der Waals surface area contributed by atoms with Crippen molar-refractivity contribution >= 4 is 21.9 Å². The molecule has 0 radical (unpaired) electrons. The molecule has 0 fully saturated rings. The van der Waals surface area contributed by atoms with E-state index in [9.17, 15) is 4.79 Å². The third kappa shape index (κ3) is 23.9. The number of hydrogen-bond acceptors (Lipinski definition) is 2. The van der Waals surface area contributed by atoms with E-state index in [-0.39, 0.29) is 5.97 Å². The Labute approximate surface area is 178 Å². The van der Waals surface area contributed by atoms with Crippen LogP contribution in [0.2, 0.25) is 0 Å². The van der Waals surface area contributed by atoms with Crippen molar-refractivity contribution in [3.8, 4) is 0 Å². The summed E-state index contributed by atoms with van der Waals surface area (Å²) in [5.74, 6) is -0.00877. The molecule has 2 nitrogen and oxygen atoms in total. The quantitative estimate of drug-likeness (QED) is 0.0942. The minimum Gasteiger partial charge on any atom is -0.466 e. The first-order valence-corrected chi connectivity index (χ1v) is 13.1. The van der Waals surface area contributed by atoms with Crippen molar-refractivity contribution in [3.05, 3.63) is 0 Å². The maximum atomic E-state index is 11.5. The van der Waals surface area contributed by atoms with Gasteiger partial charge in [-0.05, 0) is 19.3 Å². The second-order valence-electron chi connectivity index (χ2n) is 8.02. The lowest BCUT2D eigenvalue weighted by molar-refractivity contribution is -0.143. The largest absolute Gasteiger partial charge is 0.466 e. The van der Waals surface area contributed by atoms with Gasteiger partial charge in [-0.2, -0.15) is 0 Å². The molecule has 27 heavy (non-hydrogen) atoms. The Morgan fingerprint density at radius 3 is 1.44 bits per heavy atom. The van der Waals surface area contributed by atoms with Gasteiger partial charge in [-0.25, -0.2) is 0 Å². The Hall–Kier alpha value is -0.0500. The van der Waals surface area contributed by atoms with E-state index in [1.807, 2.05) is 0 Å². The first-order valence-electron chi connectivity index (χ1n) is 12.0. The molecule has 0 bridgehead atoms. The van der Waals surface area contributed by atoms with Crippen LogP contribution in [0.3, 0.4) is 0 Å². The van der Waals surface area contributed by atoms with Crippen molar-refractivity contribution in [2.24, 2.45) is 0 Å². The number of rotatable bonds is 22. The van der Waals surface area contributed by atoms with Crippen LogP contribution in [0.4, 0.5) is 0 Å². The summed E-state index contributed by atoms with van der Waals surface area (Å²) in [6.45, 7) is 2.91. The molecule has 0 atom stereocenters. The predicted molar refractivity (Wildman–Crippen MR) is 123 cm³/mol. The fraction of sp³-hybridized carbons (Fsp3) is 0.958. The van der Waals surface area contributed by atoms with Gasteiger partial charge in [0.15, 0.2) is 0 Å². The summed E-state index contributed by atoms with van der Waals surface area (Å²) in [4.78, 5) is 11.5. The van der Waals surface area contributed by atoms with Crippen molar-refractivity contribution in [2.75, 3.05) is 11.9 Å². The Balaban J connectivity index is 3.07. The van der Waals surface area contributed by atoms with E-state index in [1.165, 1.54) is 96.3 Å². The summed E-state index contributed by atoms with van der Waals surface area (Å²) in [6.07, 6.45) is 25.8. The molecule has 0 amide bonds. The lowest BCUT2D eigenvalue weighted by Gasteiger charge is -2.05. The van der Waals surface area contributed by atoms with Crippen molar-refractivity contribution in [1.82, 2.24) is 0 Å². The van der Waals surface area contributed by atoms with E-state index < -0.39 is 0 Å². The van der Waals surface area contributed by atoms with Gasteiger partial charge in [0.05, 0.1) is 6.61 Å². The van der Waals surface area contributed by atoms with Crippen LogP contribution in [0.1, 0.15) is 135 Å². The summed E-state index contributed by atoms with van der Waals surface area (Å²) in [5, 5.41) is 1.03. The van der Waals surface area contributed by atoms with Crippen LogP contribution in [-0.2, 0) is 9.53 Å². The second kappa shape index (κ2) is 24.0. The van der Waals surface area contributed by atoms with Crippen LogP contribution in [0.25, 0.3) is 0 Å². The van der Waals surface area contributed by atoms with E-state index in [1.54, 1.807) is 0 Å². The molecule has 0 aliphatic heterocycles. The number of unbranched alkanes of at least 4 members (excludes halogenated alkanes) is 17. The topological polar surface area (TPSA) is 26.3 Å². The molecule has 0 unspecified atom stereocenters. The normalized spacial score (nSPS) is 11.0. The predicted octanol–water partition coefficient (Wildman–Crippen LogP) is 8.75. The van der Waals surface area contributed by atoms with E-state index in [4.69, 9.17) is 4.74 Å². The van der Waals surface area contributed by atoms with E-state index >= 15 is 0 Å². The molecular weight excluding hydrogens is 400 g/mol. The number of halogens is 1. The number of ether oxygens (including phenoxy) is 1. The fourth-order valence-electron chi connectivity index (χ4n) is 3.45. The lowest BCUT2D eigenvalue weighted by Crippen LogP contribution is -2.05. The summed E-state index contributed by atoms with van der Waals surface area (Å²) in [6, 6.07) is 0. The van der Waals surface area contributed by atoms with Crippen molar-refractivity contribution in [3.63, 3.8) is 0 Å². The SMILES string of the molecule is CCCCCCCCCCCCCCCCCCOC(=O)CCCCCBr. The molecule has 0 aromatic rings. The number of carbonyl (C=O) groups is 1. The lowest BCUT2D eigenvalue weighted by atomic mass is 10.0. The highest BCUT2D eigenvalue weighted by molar-refractivity contribution is 9.09. The van der Waals surface area contributed by atoms with Crippen LogP contribution in [0.5, 0.6) is 0 Å². The molecule has 0 saturated heterocycles. The second-order valence-corrected chi connectivity index (χ2v) is 8.82. The Morgan fingerprint density at radius 2 is 1.00 bits per heavy atom. The van der Waals surface area contributed by atoms with Gasteiger partial charge in [0.1, 0.15) is 0 Å². The van der Waals surface area contributed by atoms with Gasteiger partial charge in [0.2, 0.25) is 0 Å². The third-order valence-electron chi connectivity index (χ3n) is 5.28. The standard InChI is InChI=1S/C24H47BrO2/c1-2-3-4-5-6-7-8-9-10-11-12-13-14-15-16-20-23-27-24(26)21-18-17-19-22-25/h2-23H2,1H3. The van der Waals surface area contributed by atoms with Gasteiger partial charge in [-0.1, -0.05) is 126 Å². The number of hydrogen-bond donors (Lipinski definition) is 0. The molecule has 0 N–H and O–H groups in total. The summed E-state index contributed by atoms with van der Waals surface area (Å²) in [7, 11) is 0. The van der Waals surface area contributed by atoms with Crippen LogP contribution >= 0.6 is 15.9 Å². The molecule has 0 aliphatic rings. The average molecular weight is 448 g/mol. The minimum atomic E-state index is -0.00877. The number of carbonyl (C=O) groups excluding carboxylic acids is 1. The zero-order valence-corrected chi connectivity index (χ0v) is 19.8. The first kappa shape index (κ1) is 27.0. The zero-order valence-electron chi connectivity index (χ0n) is 18.3. The van der Waals surface area contributed by atoms with Crippen LogP contribution < -0.4 is 0 Å². The molecule has 0 aromatic carbocycles. The van der Waals surface area contributed by atoms with E-state index in [2.05, 4.69) is 22.9 Å². The maximum Gasteiger partial charge on any atom is 0.305 e. The maximum absolute atomic E-state index is 11.5. The van der Waals surface area contributed by atoms with E-state index in [0.717, 1.165) is 31.0 Å². The van der Waals surface area contributed by atoms with Gasteiger partial charge < -0.3 is 4.74 Å². The zero-order chi connectivity index (χ0) is 19.8. The Morgan fingerprint density at radius 1 is 0.593 bits per heavy atom. The highest BCUT2D eigenvalue weighted by Gasteiger charge is 2.02. The number of alkyl halides is 1. The highest BCUT2D eigenvalue weighted by atomic mass is 79.9. The molecule has 0 rings (SSSR count). The average Bonchev–Trinajstić information content (AvgIpc) is 2.67. The fourth-order valence-corrected chi connectivity index (χ4v) is 3.85. The van der Waals surface area contributed by atoms with Crippen LogP contribution in [0, 0.1) is 0 Å². The Kier molecular flexibility index (Phi) is 23.9. The molecule has 0 heterocycles.